The smallest absolute Gasteiger partial charge is 0.347 e. The molecule has 1 aromatic heterocycles. The topological polar surface area (TPSA) is 76.7 Å². The van der Waals surface area contributed by atoms with Crippen LogP contribution in [0.15, 0.2) is 29.3 Å². The van der Waals surface area contributed by atoms with E-state index in [2.05, 4.69) is 10.2 Å². The molecule has 16 heavy (non-hydrogen) atoms. The quantitative estimate of drug-likeness (QED) is 0.742. The summed E-state index contributed by atoms with van der Waals surface area (Å²) in [5.74, 6) is 0. The summed E-state index contributed by atoms with van der Waals surface area (Å²) in [6, 6.07) is 5.51. The molecule has 2 rings (SSSR count). The number of nitrogens with one attached hydrogen (secondary N) is 1. The van der Waals surface area contributed by atoms with Crippen molar-refractivity contribution in [2.75, 3.05) is 0 Å². The molecule has 0 aliphatic rings. The fraction of sp³-hybridized carbons (Fsp3) is 0.100. The minimum atomic E-state index is -0.317. The van der Waals surface area contributed by atoms with Crippen molar-refractivity contribution in [3.05, 3.63) is 46.1 Å². The summed E-state index contributed by atoms with van der Waals surface area (Å²) in [5.41, 5.74) is 7.61. The molecule has 2 aromatic rings. The average Bonchev–Trinajstić information content (AvgIpc) is 2.63. The van der Waals surface area contributed by atoms with Crippen molar-refractivity contribution < 1.29 is 0 Å². The number of hydrogen-bond donors (Lipinski definition) is 2. The molecule has 1 aromatic carbocycles. The number of thiocarbonyl (C=S) groups is 1. The molecule has 0 amide bonds. The zero-order valence-electron chi connectivity index (χ0n) is 8.60. The average molecular weight is 234 g/mol. The molecular formula is C10H10N4OS. The van der Waals surface area contributed by atoms with Gasteiger partial charge < -0.3 is 5.73 Å². The summed E-state index contributed by atoms with van der Waals surface area (Å²) in [6.07, 6.45) is 1.40. The predicted octanol–water partition coefficient (Wildman–Crippen LogP) is 0.503. The highest BCUT2D eigenvalue weighted by atomic mass is 32.1. The predicted molar refractivity (Wildman–Crippen MR) is 64.8 cm³/mol. The number of aryl methyl sites for hydroxylation is 1. The second-order valence-electron chi connectivity index (χ2n) is 3.36. The molecule has 3 N–H and O–H groups in total. The molecule has 5 nitrogen and oxygen atoms in total. The zero-order valence-corrected chi connectivity index (χ0v) is 9.41. The van der Waals surface area contributed by atoms with Gasteiger partial charge >= 0.3 is 5.69 Å². The van der Waals surface area contributed by atoms with Gasteiger partial charge in [0, 0.05) is 5.56 Å². The molecule has 0 fully saturated rings. The lowest BCUT2D eigenvalue weighted by molar-refractivity contribution is 0.978. The third-order valence-corrected chi connectivity index (χ3v) is 2.51. The SMILES string of the molecule is Cc1cccc(-n2cn[nH]c2=O)c1C(N)=S. The third-order valence-electron chi connectivity index (χ3n) is 2.31. The van der Waals surface area contributed by atoms with Gasteiger partial charge in [-0.1, -0.05) is 24.4 Å². The van der Waals surface area contributed by atoms with Gasteiger partial charge in [0.2, 0.25) is 0 Å². The third kappa shape index (κ3) is 1.63. The Morgan fingerprint density at radius 3 is 2.88 bits per heavy atom. The molecule has 0 saturated heterocycles. The van der Waals surface area contributed by atoms with Crippen LogP contribution in [0.5, 0.6) is 0 Å². The molecular weight excluding hydrogens is 224 g/mol. The van der Waals surface area contributed by atoms with Crippen LogP contribution in [0, 0.1) is 6.92 Å². The Bertz CT molecular complexity index is 599. The number of nitrogens with zero attached hydrogens (tertiary/aromatic N) is 2. The number of nitrogens with two attached hydrogens (primary N) is 1. The van der Waals surface area contributed by atoms with E-state index in [1.54, 1.807) is 6.07 Å². The van der Waals surface area contributed by atoms with Crippen LogP contribution in [0.25, 0.3) is 5.69 Å². The first kappa shape index (κ1) is 10.6. The van der Waals surface area contributed by atoms with Crippen LogP contribution in [0.4, 0.5) is 0 Å². The minimum absolute atomic E-state index is 0.265. The molecule has 0 atom stereocenters. The molecule has 0 aliphatic carbocycles. The van der Waals surface area contributed by atoms with E-state index in [-0.39, 0.29) is 10.7 Å². The fourth-order valence-corrected chi connectivity index (χ4v) is 1.86. The second kappa shape index (κ2) is 3.90. The second-order valence-corrected chi connectivity index (χ2v) is 3.80. The van der Waals surface area contributed by atoms with Crippen molar-refractivity contribution >= 4 is 17.2 Å². The summed E-state index contributed by atoms with van der Waals surface area (Å²) in [5, 5.41) is 6.00. The van der Waals surface area contributed by atoms with Crippen molar-refractivity contribution in [2.45, 2.75) is 6.92 Å². The molecule has 6 heteroatoms. The lowest BCUT2D eigenvalue weighted by Crippen LogP contribution is -2.20. The highest BCUT2D eigenvalue weighted by Crippen LogP contribution is 2.16. The van der Waals surface area contributed by atoms with Gasteiger partial charge in [0.25, 0.3) is 0 Å². The van der Waals surface area contributed by atoms with E-state index in [0.717, 1.165) is 5.56 Å². The Morgan fingerprint density at radius 2 is 2.31 bits per heavy atom. The molecule has 0 saturated carbocycles. The van der Waals surface area contributed by atoms with Gasteiger partial charge in [-0.2, -0.15) is 5.10 Å². The largest absolute Gasteiger partial charge is 0.389 e. The fourth-order valence-electron chi connectivity index (χ4n) is 1.59. The van der Waals surface area contributed by atoms with Crippen LogP contribution in [-0.4, -0.2) is 19.8 Å². The Balaban J connectivity index is 2.76. The van der Waals surface area contributed by atoms with E-state index >= 15 is 0 Å². The van der Waals surface area contributed by atoms with Crippen LogP contribution in [0.3, 0.4) is 0 Å². The van der Waals surface area contributed by atoms with Gasteiger partial charge in [-0.3, -0.25) is 0 Å². The Morgan fingerprint density at radius 1 is 1.56 bits per heavy atom. The standard InChI is InChI=1S/C10H10N4OS/c1-6-3-2-4-7(8(6)9(11)16)14-5-12-13-10(14)15/h2-5H,1H3,(H2,11,16)(H,13,15). The van der Waals surface area contributed by atoms with Gasteiger partial charge in [0.05, 0.1) is 5.69 Å². The molecule has 82 valence electrons. The first-order chi connectivity index (χ1) is 7.61. The van der Waals surface area contributed by atoms with E-state index in [4.69, 9.17) is 18.0 Å². The van der Waals surface area contributed by atoms with E-state index in [1.807, 2.05) is 19.1 Å². The van der Waals surface area contributed by atoms with E-state index < -0.39 is 0 Å². The highest BCUT2D eigenvalue weighted by Gasteiger charge is 2.11. The van der Waals surface area contributed by atoms with Gasteiger partial charge in [-0.15, -0.1) is 0 Å². The number of H-pyrrole nitrogens is 1. The van der Waals surface area contributed by atoms with Gasteiger partial charge in [-0.05, 0) is 18.6 Å². The lowest BCUT2D eigenvalue weighted by atomic mass is 10.1. The molecule has 0 aliphatic heterocycles. The van der Waals surface area contributed by atoms with Gasteiger partial charge in [0.15, 0.2) is 0 Å². The van der Waals surface area contributed by atoms with Gasteiger partial charge in [0.1, 0.15) is 11.3 Å². The summed E-state index contributed by atoms with van der Waals surface area (Å²) >= 11 is 4.99. The Kier molecular flexibility index (Phi) is 2.57. The normalized spacial score (nSPS) is 10.3. The van der Waals surface area contributed by atoms with Crippen LogP contribution in [0.2, 0.25) is 0 Å². The molecule has 0 bridgehead atoms. The maximum absolute atomic E-state index is 11.5. The molecule has 1 heterocycles. The highest BCUT2D eigenvalue weighted by molar-refractivity contribution is 7.80. The molecule has 0 radical (unpaired) electrons. The molecule has 0 spiro atoms. The van der Waals surface area contributed by atoms with Crippen LogP contribution in [0.1, 0.15) is 11.1 Å². The van der Waals surface area contributed by atoms with E-state index in [1.165, 1.54) is 10.9 Å². The minimum Gasteiger partial charge on any atom is -0.389 e. The van der Waals surface area contributed by atoms with E-state index in [9.17, 15) is 4.79 Å². The van der Waals surface area contributed by atoms with Crippen LogP contribution >= 0.6 is 12.2 Å². The number of rotatable bonds is 2. The number of aromatic nitrogens is 3. The summed E-state index contributed by atoms with van der Waals surface area (Å²) in [7, 11) is 0. The summed E-state index contributed by atoms with van der Waals surface area (Å²) in [6.45, 7) is 1.89. The van der Waals surface area contributed by atoms with Crippen molar-refractivity contribution in [2.24, 2.45) is 5.73 Å². The molecule has 0 unspecified atom stereocenters. The Hall–Kier alpha value is -1.95. The van der Waals surface area contributed by atoms with E-state index in [0.29, 0.717) is 11.3 Å². The van der Waals surface area contributed by atoms with Gasteiger partial charge in [-0.25, -0.2) is 14.5 Å². The Labute approximate surface area is 96.9 Å². The maximum Gasteiger partial charge on any atom is 0.347 e. The lowest BCUT2D eigenvalue weighted by Gasteiger charge is -2.10. The number of aromatic amines is 1. The van der Waals surface area contributed by atoms with Crippen molar-refractivity contribution in [1.29, 1.82) is 0 Å². The summed E-state index contributed by atoms with van der Waals surface area (Å²) in [4.78, 5) is 11.7. The van der Waals surface area contributed by atoms with Crippen molar-refractivity contribution in [3.8, 4) is 5.69 Å². The summed E-state index contributed by atoms with van der Waals surface area (Å²) < 4.78 is 1.38. The first-order valence-electron chi connectivity index (χ1n) is 4.63. The number of benzene rings is 1. The van der Waals surface area contributed by atoms with Crippen molar-refractivity contribution in [1.82, 2.24) is 14.8 Å². The zero-order chi connectivity index (χ0) is 11.7. The number of hydrogen-bond acceptors (Lipinski definition) is 3. The maximum atomic E-state index is 11.5. The van der Waals surface area contributed by atoms with Crippen molar-refractivity contribution in [3.63, 3.8) is 0 Å². The van der Waals surface area contributed by atoms with Crippen LogP contribution < -0.4 is 11.4 Å². The monoisotopic (exact) mass is 234 g/mol. The first-order valence-corrected chi connectivity index (χ1v) is 5.04. The van der Waals surface area contributed by atoms with Crippen LogP contribution in [-0.2, 0) is 0 Å².